The van der Waals surface area contributed by atoms with Crippen molar-refractivity contribution in [1.82, 2.24) is 0 Å². The monoisotopic (exact) mass is 272 g/mol. The van der Waals surface area contributed by atoms with Gasteiger partial charge in [-0.1, -0.05) is 37.3 Å². The summed E-state index contributed by atoms with van der Waals surface area (Å²) in [6, 6.07) is 6.60. The molecule has 2 rings (SSSR count). The molecule has 2 nitrogen and oxygen atoms in total. The van der Waals surface area contributed by atoms with E-state index in [1.165, 1.54) is 16.7 Å². The van der Waals surface area contributed by atoms with Gasteiger partial charge in [-0.15, -0.1) is 0 Å². The number of carbonyl (C=O) groups excluding carboxylic acids is 1. The molecule has 0 aromatic heterocycles. The van der Waals surface area contributed by atoms with Gasteiger partial charge in [-0.3, -0.25) is 0 Å². The third-order valence-electron chi connectivity index (χ3n) is 4.49. The summed E-state index contributed by atoms with van der Waals surface area (Å²) in [5.41, 5.74) is 4.06. The van der Waals surface area contributed by atoms with Gasteiger partial charge in [-0.2, -0.15) is 0 Å². The number of esters is 1. The van der Waals surface area contributed by atoms with Crippen LogP contribution in [0.2, 0.25) is 0 Å². The van der Waals surface area contributed by atoms with Gasteiger partial charge in [0.05, 0.1) is 0 Å². The summed E-state index contributed by atoms with van der Waals surface area (Å²) in [6.07, 6.45) is 2.93. The Morgan fingerprint density at radius 2 is 2.20 bits per heavy atom. The zero-order chi connectivity index (χ0) is 14.9. The third-order valence-corrected chi connectivity index (χ3v) is 4.49. The van der Waals surface area contributed by atoms with Gasteiger partial charge < -0.3 is 4.74 Å². The minimum atomic E-state index is -0.448. The van der Waals surface area contributed by atoms with E-state index in [4.69, 9.17) is 4.74 Å². The third kappa shape index (κ3) is 2.65. The summed E-state index contributed by atoms with van der Waals surface area (Å²) < 4.78 is 5.78. The summed E-state index contributed by atoms with van der Waals surface area (Å²) in [4.78, 5) is 11.9. The maximum Gasteiger partial charge on any atom is 0.333 e. The molecule has 1 aliphatic carbocycles. The molecule has 0 heterocycles. The number of rotatable bonds is 4. The Morgan fingerprint density at radius 1 is 1.50 bits per heavy atom. The van der Waals surface area contributed by atoms with Crippen molar-refractivity contribution < 1.29 is 9.53 Å². The topological polar surface area (TPSA) is 26.3 Å². The summed E-state index contributed by atoms with van der Waals surface area (Å²) in [5.74, 6) is 0.00121. The Morgan fingerprint density at radius 3 is 2.80 bits per heavy atom. The molecule has 1 aliphatic rings. The zero-order valence-corrected chi connectivity index (χ0v) is 13.0. The van der Waals surface area contributed by atoms with Gasteiger partial charge in [0.1, 0.15) is 5.60 Å². The second-order valence-corrected chi connectivity index (χ2v) is 6.13. The highest BCUT2D eigenvalue weighted by Crippen LogP contribution is 2.44. The van der Waals surface area contributed by atoms with Crippen molar-refractivity contribution in [3.8, 4) is 0 Å². The first kappa shape index (κ1) is 14.8. The fraction of sp³-hybridized carbons (Fsp3) is 0.500. The van der Waals surface area contributed by atoms with Crippen LogP contribution in [0, 0.1) is 6.92 Å². The Labute approximate surface area is 121 Å². The second kappa shape index (κ2) is 5.43. The van der Waals surface area contributed by atoms with Gasteiger partial charge >= 0.3 is 5.97 Å². The maximum absolute atomic E-state index is 11.9. The van der Waals surface area contributed by atoms with Gasteiger partial charge in [0.2, 0.25) is 0 Å². The van der Waals surface area contributed by atoms with Gasteiger partial charge in [0, 0.05) is 11.5 Å². The highest BCUT2D eigenvalue weighted by Gasteiger charge is 2.40. The molecule has 1 aromatic carbocycles. The molecule has 0 bridgehead atoms. The smallest absolute Gasteiger partial charge is 0.333 e. The van der Waals surface area contributed by atoms with E-state index in [-0.39, 0.29) is 11.9 Å². The van der Waals surface area contributed by atoms with Crippen LogP contribution in [0.1, 0.15) is 56.2 Å². The standard InChI is InChI=1S/C18H24O2/c1-6-18(5,20-17(19)12(2)3)16-10-8-14-11-13(4)7-9-15(14)16/h7,9,11,16H,2,6,8,10H2,1,3-5H3. The molecule has 0 N–H and O–H groups in total. The average molecular weight is 272 g/mol. The summed E-state index contributed by atoms with van der Waals surface area (Å²) in [5, 5.41) is 0. The number of hydrogen-bond donors (Lipinski definition) is 0. The van der Waals surface area contributed by atoms with Gasteiger partial charge in [0.25, 0.3) is 0 Å². The molecule has 0 fully saturated rings. The molecule has 108 valence electrons. The second-order valence-electron chi connectivity index (χ2n) is 6.13. The van der Waals surface area contributed by atoms with E-state index >= 15 is 0 Å². The molecule has 2 heteroatoms. The number of ether oxygens (including phenoxy) is 1. The number of fused-ring (bicyclic) bond motifs is 1. The fourth-order valence-electron chi connectivity index (χ4n) is 3.07. The molecule has 2 unspecified atom stereocenters. The molecule has 0 spiro atoms. The lowest BCUT2D eigenvalue weighted by Gasteiger charge is -2.35. The lowest BCUT2D eigenvalue weighted by Crippen LogP contribution is -2.37. The van der Waals surface area contributed by atoms with E-state index in [0.717, 1.165) is 19.3 Å². The van der Waals surface area contributed by atoms with Crippen LogP contribution in [0.15, 0.2) is 30.4 Å². The Kier molecular flexibility index (Phi) is 4.03. The van der Waals surface area contributed by atoms with Gasteiger partial charge in [0.15, 0.2) is 0 Å². The van der Waals surface area contributed by atoms with Crippen LogP contribution in [0.4, 0.5) is 0 Å². The predicted octanol–water partition coefficient (Wildman–Crippen LogP) is 4.31. The lowest BCUT2D eigenvalue weighted by atomic mass is 9.82. The van der Waals surface area contributed by atoms with Crippen molar-refractivity contribution in [2.75, 3.05) is 0 Å². The highest BCUT2D eigenvalue weighted by atomic mass is 16.6. The first-order valence-electron chi connectivity index (χ1n) is 7.35. The van der Waals surface area contributed by atoms with Crippen molar-refractivity contribution in [2.24, 2.45) is 0 Å². The minimum absolute atomic E-state index is 0.282. The van der Waals surface area contributed by atoms with Gasteiger partial charge in [-0.25, -0.2) is 4.79 Å². The first-order valence-corrected chi connectivity index (χ1v) is 7.35. The molecule has 0 aliphatic heterocycles. The van der Waals surface area contributed by atoms with Crippen LogP contribution in [-0.2, 0) is 16.0 Å². The van der Waals surface area contributed by atoms with E-state index in [1.54, 1.807) is 6.92 Å². The predicted molar refractivity (Wildman–Crippen MR) is 81.8 cm³/mol. The summed E-state index contributed by atoms with van der Waals surface area (Å²) in [7, 11) is 0. The van der Waals surface area contributed by atoms with E-state index in [1.807, 2.05) is 6.92 Å². The molecule has 20 heavy (non-hydrogen) atoms. The molecule has 1 aromatic rings. The molecule has 0 saturated heterocycles. The highest BCUT2D eigenvalue weighted by molar-refractivity contribution is 5.87. The van der Waals surface area contributed by atoms with Crippen LogP contribution in [-0.4, -0.2) is 11.6 Å². The van der Waals surface area contributed by atoms with E-state index in [0.29, 0.717) is 5.57 Å². The molecular formula is C18H24O2. The molecular weight excluding hydrogens is 248 g/mol. The quantitative estimate of drug-likeness (QED) is 0.603. The Balaban J connectivity index is 2.30. The van der Waals surface area contributed by atoms with E-state index in [2.05, 4.69) is 38.6 Å². The van der Waals surface area contributed by atoms with Crippen molar-refractivity contribution in [1.29, 1.82) is 0 Å². The number of carbonyl (C=O) groups is 1. The van der Waals surface area contributed by atoms with Crippen LogP contribution in [0.25, 0.3) is 0 Å². The largest absolute Gasteiger partial charge is 0.455 e. The fourth-order valence-corrected chi connectivity index (χ4v) is 3.07. The van der Waals surface area contributed by atoms with Crippen LogP contribution in [0.5, 0.6) is 0 Å². The molecule has 2 atom stereocenters. The number of hydrogen-bond acceptors (Lipinski definition) is 2. The molecule has 0 radical (unpaired) electrons. The first-order chi connectivity index (χ1) is 9.37. The van der Waals surface area contributed by atoms with Crippen molar-refractivity contribution in [3.05, 3.63) is 47.0 Å². The number of benzene rings is 1. The zero-order valence-electron chi connectivity index (χ0n) is 13.0. The summed E-state index contributed by atoms with van der Waals surface area (Å²) >= 11 is 0. The van der Waals surface area contributed by atoms with Gasteiger partial charge in [-0.05, 0) is 51.2 Å². The Bertz CT molecular complexity index is 544. The lowest BCUT2D eigenvalue weighted by molar-refractivity contribution is -0.156. The van der Waals surface area contributed by atoms with Crippen LogP contribution >= 0.6 is 0 Å². The normalized spacial score (nSPS) is 20.1. The molecule has 0 amide bonds. The van der Waals surface area contributed by atoms with Crippen molar-refractivity contribution >= 4 is 5.97 Å². The number of aryl methyl sites for hydroxylation is 2. The van der Waals surface area contributed by atoms with Crippen LogP contribution in [0.3, 0.4) is 0 Å². The Hall–Kier alpha value is -1.57. The van der Waals surface area contributed by atoms with E-state index < -0.39 is 5.60 Å². The molecule has 0 saturated carbocycles. The average Bonchev–Trinajstić information content (AvgIpc) is 2.81. The summed E-state index contributed by atoms with van der Waals surface area (Å²) in [6.45, 7) is 11.6. The van der Waals surface area contributed by atoms with Crippen LogP contribution < -0.4 is 0 Å². The SMILES string of the molecule is C=C(C)C(=O)OC(C)(CC)C1CCc2cc(C)ccc21. The maximum atomic E-state index is 11.9. The van der Waals surface area contributed by atoms with E-state index in [9.17, 15) is 4.79 Å². The van der Waals surface area contributed by atoms with Crippen molar-refractivity contribution in [2.45, 2.75) is 58.5 Å². The van der Waals surface area contributed by atoms with Crippen molar-refractivity contribution in [3.63, 3.8) is 0 Å². The minimum Gasteiger partial charge on any atom is -0.455 e.